The van der Waals surface area contributed by atoms with Crippen molar-refractivity contribution in [1.82, 2.24) is 10.6 Å². The summed E-state index contributed by atoms with van der Waals surface area (Å²) in [5.41, 5.74) is 22.0. The fourth-order valence-electron chi connectivity index (χ4n) is 14.0. The number of carbonyl (C=O) groups excluding carboxylic acids is 2. The Balaban J connectivity index is 1.61. The van der Waals surface area contributed by atoms with Crippen LogP contribution >= 0.6 is 15.6 Å². The molecule has 3 unspecified atom stereocenters. The first-order chi connectivity index (χ1) is 55.3. The van der Waals surface area contributed by atoms with Gasteiger partial charge in [0.15, 0.2) is 12.6 Å². The van der Waals surface area contributed by atoms with Gasteiger partial charge in [-0.1, -0.05) is 182 Å². The molecule has 0 bridgehead atoms. The minimum atomic E-state index is -5.61. The van der Waals surface area contributed by atoms with Crippen molar-refractivity contribution in [3.63, 3.8) is 0 Å². The van der Waals surface area contributed by atoms with Gasteiger partial charge in [-0.15, -0.1) is 0 Å². The fourth-order valence-corrected chi connectivity index (χ4v) is 16.2. The summed E-state index contributed by atoms with van der Waals surface area (Å²) < 4.78 is 57.8. The molecule has 2 rings (SSSR count). The molecule has 0 spiro atoms. The molecule has 2 amide bonds. The summed E-state index contributed by atoms with van der Waals surface area (Å²) in [4.78, 5) is 45.3. The van der Waals surface area contributed by atoms with E-state index in [1.54, 1.807) is 0 Å². The summed E-state index contributed by atoms with van der Waals surface area (Å²) in [5.74, 6) is -1.45. The lowest BCUT2D eigenvalue weighted by molar-refractivity contribution is -0.325. The van der Waals surface area contributed by atoms with Gasteiger partial charge in [-0.3, -0.25) is 18.6 Å². The SMILES string of the molecule is CC(=O)N[C@H]1[C@@H](OP(=O)(O)OP(=O)(O)OCCC(C)CC/C=C(/C)CC/C=C(/C)CC/C=C(/C)CC/C=C(/C)CC/C=C(/C)CC/C=C(/C)CC/C=C(/C)CC/C=C(/C)CC/C=C(/C)CC/C=C(/C)CC/C=C(/C)CC/C=C(/C)CC/C=C(\C)CC/C=C(\C)CCC=C(C)C)O[C@H](CO)[C@@H](O[C@@H]2O[C@H](CO)[C@@H](O)[C@H](O)[C@H]2NC(C)=O)[C@@H]1O. The van der Waals surface area contributed by atoms with Crippen molar-refractivity contribution in [2.24, 2.45) is 5.92 Å². The third-order valence-electron chi connectivity index (χ3n) is 21.7. The average molecular weight is 1680 g/mol. The van der Waals surface area contributed by atoms with Crippen LogP contribution in [0.25, 0.3) is 0 Å². The Morgan fingerprint density at radius 1 is 0.350 bits per heavy atom. The summed E-state index contributed by atoms with van der Waals surface area (Å²) in [7, 11) is -10.9. The Morgan fingerprint density at radius 2 is 0.607 bits per heavy atom. The maximum Gasteiger partial charge on any atom is 0.483 e. The Kier molecular flexibility index (Phi) is 56.6. The van der Waals surface area contributed by atoms with Crippen LogP contribution in [-0.4, -0.2) is 128 Å². The van der Waals surface area contributed by atoms with Crippen LogP contribution in [-0.2, 0) is 46.3 Å². The molecule has 9 N–H and O–H groups in total. The fraction of sp³-hybridized carbons (Fsp3) is 0.667. The van der Waals surface area contributed by atoms with Crippen LogP contribution in [0.4, 0.5) is 0 Å². The van der Waals surface area contributed by atoms with E-state index in [1.807, 2.05) is 6.92 Å². The van der Waals surface area contributed by atoms with Crippen LogP contribution in [0.2, 0.25) is 0 Å². The smallest absolute Gasteiger partial charge is 0.394 e. The molecule has 13 atom stereocenters. The number of nitrogens with one attached hydrogen (secondary N) is 2. The largest absolute Gasteiger partial charge is 0.483 e. The number of hydrogen-bond acceptors (Lipinski definition) is 15. The first-order valence-corrected chi connectivity index (χ1v) is 46.6. The zero-order valence-corrected chi connectivity index (χ0v) is 77.4. The molecule has 21 heteroatoms. The first kappa shape index (κ1) is 108. The Labute approximate surface area is 708 Å². The topological polar surface area (TPSA) is 289 Å². The Hall–Kier alpha value is -5.02. The van der Waals surface area contributed by atoms with Crippen molar-refractivity contribution >= 4 is 27.5 Å². The molecule has 666 valence electrons. The third kappa shape index (κ3) is 52.1. The van der Waals surface area contributed by atoms with Crippen LogP contribution < -0.4 is 10.6 Å². The first-order valence-electron chi connectivity index (χ1n) is 43.6. The Bertz CT molecular complexity index is 3540. The van der Waals surface area contributed by atoms with Gasteiger partial charge in [0.1, 0.15) is 48.7 Å². The van der Waals surface area contributed by atoms with E-state index in [-0.39, 0.29) is 12.5 Å². The van der Waals surface area contributed by atoms with Gasteiger partial charge in [-0.2, -0.15) is 4.31 Å². The molecular formula is C96H160N2O17P2. The maximum absolute atomic E-state index is 13.2. The van der Waals surface area contributed by atoms with Gasteiger partial charge in [0, 0.05) is 13.8 Å². The minimum Gasteiger partial charge on any atom is -0.394 e. The molecule has 2 aliphatic rings. The van der Waals surface area contributed by atoms with E-state index in [9.17, 15) is 54.0 Å². The number of phosphoric acid groups is 2. The molecule has 0 aromatic rings. The van der Waals surface area contributed by atoms with Crippen molar-refractivity contribution in [3.05, 3.63) is 175 Å². The summed E-state index contributed by atoms with van der Waals surface area (Å²) in [6, 6.07) is -3.25. The number of phosphoric ester groups is 2. The van der Waals surface area contributed by atoms with Gasteiger partial charge in [-0.25, -0.2) is 9.13 Å². The molecule has 0 aromatic heterocycles. The molecule has 2 saturated heterocycles. The molecule has 0 aliphatic carbocycles. The lowest BCUT2D eigenvalue weighted by Crippen LogP contribution is -2.69. The van der Waals surface area contributed by atoms with Crippen LogP contribution in [0.5, 0.6) is 0 Å². The number of ether oxygens (including phenoxy) is 3. The number of carbonyl (C=O) groups is 2. The number of allylic oxidation sites excluding steroid dienone is 30. The van der Waals surface area contributed by atoms with Crippen molar-refractivity contribution in [2.75, 3.05) is 19.8 Å². The molecule has 2 heterocycles. The van der Waals surface area contributed by atoms with E-state index in [4.69, 9.17) is 23.3 Å². The highest BCUT2D eigenvalue weighted by molar-refractivity contribution is 7.61. The van der Waals surface area contributed by atoms with Gasteiger partial charge in [0.05, 0.1) is 19.8 Å². The lowest BCUT2D eigenvalue weighted by atomic mass is 9.94. The predicted octanol–water partition coefficient (Wildman–Crippen LogP) is 23.1. The summed E-state index contributed by atoms with van der Waals surface area (Å²) in [6.45, 7) is 38.1. The highest BCUT2D eigenvalue weighted by Crippen LogP contribution is 2.61. The monoisotopic (exact) mass is 1680 g/mol. The van der Waals surface area contributed by atoms with Crippen molar-refractivity contribution in [2.45, 2.75) is 392 Å². The van der Waals surface area contributed by atoms with Crippen LogP contribution in [0.1, 0.15) is 331 Å². The molecule has 2 fully saturated rings. The maximum atomic E-state index is 13.2. The molecule has 0 aromatic carbocycles. The lowest BCUT2D eigenvalue weighted by Gasteiger charge is -2.48. The molecule has 0 radical (unpaired) electrons. The van der Waals surface area contributed by atoms with Crippen molar-refractivity contribution < 1.29 is 81.6 Å². The van der Waals surface area contributed by atoms with Crippen molar-refractivity contribution in [1.29, 1.82) is 0 Å². The quantitative estimate of drug-likeness (QED) is 0.0202. The van der Waals surface area contributed by atoms with Gasteiger partial charge in [0.2, 0.25) is 11.8 Å². The number of amides is 2. The zero-order chi connectivity index (χ0) is 87.5. The highest BCUT2D eigenvalue weighted by Gasteiger charge is 2.54. The highest BCUT2D eigenvalue weighted by atomic mass is 31.3. The number of hydrogen-bond donors (Lipinski definition) is 9. The average Bonchev–Trinajstić information content (AvgIpc) is 0.773. The van der Waals surface area contributed by atoms with E-state index >= 15 is 0 Å². The molecular weight excluding hydrogens is 1520 g/mol. The van der Waals surface area contributed by atoms with E-state index < -0.39 is 102 Å². The number of aliphatic hydroxyl groups is 5. The van der Waals surface area contributed by atoms with Gasteiger partial charge in [-0.05, 0) is 316 Å². The van der Waals surface area contributed by atoms with Crippen molar-refractivity contribution in [3.8, 4) is 0 Å². The van der Waals surface area contributed by atoms with E-state index in [0.717, 1.165) is 194 Å². The second kappa shape index (κ2) is 61.3. The zero-order valence-electron chi connectivity index (χ0n) is 75.7. The van der Waals surface area contributed by atoms with Gasteiger partial charge < -0.3 is 60.2 Å². The van der Waals surface area contributed by atoms with Crippen LogP contribution in [0, 0.1) is 5.92 Å². The summed E-state index contributed by atoms with van der Waals surface area (Å²) >= 11 is 0. The van der Waals surface area contributed by atoms with E-state index in [1.165, 1.54) is 96.4 Å². The molecule has 0 saturated carbocycles. The predicted molar refractivity (Wildman–Crippen MR) is 482 cm³/mol. The molecule has 117 heavy (non-hydrogen) atoms. The van der Waals surface area contributed by atoms with E-state index in [0.29, 0.717) is 6.42 Å². The van der Waals surface area contributed by atoms with E-state index in [2.05, 4.69) is 217 Å². The Morgan fingerprint density at radius 3 is 0.872 bits per heavy atom. The minimum absolute atomic E-state index is 0.0324. The summed E-state index contributed by atoms with van der Waals surface area (Å²) in [5, 5.41) is 57.2. The number of aliphatic hydroxyl groups excluding tert-OH is 5. The van der Waals surface area contributed by atoms with Crippen LogP contribution in [0.3, 0.4) is 0 Å². The standard InChI is InChI=1S/C96H160N2O17P2/c1-69(2)35-20-36-70(3)37-21-38-71(4)39-22-40-72(5)41-23-42-73(6)43-24-44-74(7)45-25-46-75(8)47-26-48-76(9)49-27-50-77(10)51-28-52-78(11)53-29-54-79(12)55-30-56-80(13)57-31-58-81(14)59-32-60-82(15)61-33-62-83(16)63-34-64-84(17)65-66-110-116(106,107)115-117(108,109)114-96-90(98-86(19)102)93(105)94(88(68-100)112-96)113-95-89(97-85(18)101)92(104)91(103)87(67-99)111-95/h35,37,39,41,43,45,47,49,51,53,55,57,59,61,63,84,87-96,99-100,103-105H,20-34,36,38,40,42,44,46,48,50,52,54,56,58,60,62,64-68H2,1-19H3,(H,97,101)(H,98,102)(H,106,107)(H,108,109)/b70-37+,71-39+,72-41-,73-43-,74-45-,75-47-,76-49-,77-51-,78-53-,79-55-,80-57-,81-59-,82-61-,83-63-/t84?,87-,88-,89-,90-,91-,92-,93-,94-,95+,96-/m1/s1. The van der Waals surface area contributed by atoms with Gasteiger partial charge >= 0.3 is 15.6 Å². The number of rotatable bonds is 59. The van der Waals surface area contributed by atoms with Gasteiger partial charge in [0.25, 0.3) is 0 Å². The molecule has 2 aliphatic heterocycles. The second-order valence-electron chi connectivity index (χ2n) is 33.9. The summed E-state index contributed by atoms with van der Waals surface area (Å²) in [6.07, 6.45) is 54.9. The second-order valence-corrected chi connectivity index (χ2v) is 36.9. The third-order valence-corrected chi connectivity index (χ3v) is 24.4. The van der Waals surface area contributed by atoms with Crippen LogP contribution in [0.15, 0.2) is 175 Å². The molecule has 19 nitrogen and oxygen atoms in total. The normalized spacial score (nSPS) is 23.3.